The second kappa shape index (κ2) is 11.5. The minimum Gasteiger partial charge on any atom is -0.481 e. The van der Waals surface area contributed by atoms with E-state index in [-0.39, 0.29) is 12.3 Å². The molecular weight excluding hydrogens is 272 g/mol. The summed E-state index contributed by atoms with van der Waals surface area (Å²) < 4.78 is 0. The van der Waals surface area contributed by atoms with Crippen molar-refractivity contribution in [3.8, 4) is 0 Å². The molecule has 0 aliphatic heterocycles. The van der Waals surface area contributed by atoms with Crippen molar-refractivity contribution in [3.63, 3.8) is 0 Å². The van der Waals surface area contributed by atoms with E-state index in [0.717, 1.165) is 12.0 Å². The van der Waals surface area contributed by atoms with E-state index in [1.165, 1.54) is 0 Å². The average Bonchev–Trinajstić information content (AvgIpc) is 2.68. The molecule has 3 N–H and O–H groups in total. The summed E-state index contributed by atoms with van der Waals surface area (Å²) in [5.74, 6) is -0.984. The lowest BCUT2D eigenvalue weighted by atomic mass is 10.2. The Hall–Kier alpha value is -2.37. The van der Waals surface area contributed by atoms with Gasteiger partial charge in [-0.2, -0.15) is 0 Å². The summed E-state index contributed by atoms with van der Waals surface area (Å²) in [6.07, 6.45) is 9.49. The van der Waals surface area contributed by atoms with Crippen molar-refractivity contribution in [1.82, 2.24) is 10.6 Å². The predicted molar refractivity (Wildman–Crippen MR) is 80.6 cm³/mol. The standard InChI is InChI=1S/C13H17NO3.C2H5NO/c1-10-4-2-5-11(8-7-10)13(17)14-9-3-6-12(15)16;1-3-2-4/h4-5,7-8H,2-3,6,9H2,1H3,(H,14,17)(H,15,16);2H,1H3,(H,3,4). The van der Waals surface area contributed by atoms with Crippen LogP contribution >= 0.6 is 0 Å². The number of allylic oxidation sites excluding steroid dienone is 4. The highest BCUT2D eigenvalue weighted by molar-refractivity contribution is 5.96. The monoisotopic (exact) mass is 294 g/mol. The van der Waals surface area contributed by atoms with E-state index < -0.39 is 5.97 Å². The number of aliphatic carboxylic acids is 1. The summed E-state index contributed by atoms with van der Waals surface area (Å²) >= 11 is 0. The predicted octanol–water partition coefficient (Wildman–Crippen LogP) is 1.16. The van der Waals surface area contributed by atoms with E-state index in [0.29, 0.717) is 24.9 Å². The molecule has 21 heavy (non-hydrogen) atoms. The summed E-state index contributed by atoms with van der Waals surface area (Å²) in [7, 11) is 1.56. The molecule has 0 saturated heterocycles. The second-order valence-corrected chi connectivity index (χ2v) is 4.34. The van der Waals surface area contributed by atoms with Gasteiger partial charge in [0.2, 0.25) is 6.41 Å². The zero-order chi connectivity index (χ0) is 16.1. The lowest BCUT2D eigenvalue weighted by Gasteiger charge is -2.04. The molecule has 116 valence electrons. The largest absolute Gasteiger partial charge is 0.481 e. The highest BCUT2D eigenvalue weighted by Gasteiger charge is 2.06. The Morgan fingerprint density at radius 3 is 2.57 bits per heavy atom. The van der Waals surface area contributed by atoms with Crippen molar-refractivity contribution >= 4 is 18.3 Å². The Bertz CT molecular complexity index is 451. The normalized spacial score (nSPS) is 12.9. The van der Waals surface area contributed by atoms with Gasteiger partial charge in [0.05, 0.1) is 0 Å². The zero-order valence-corrected chi connectivity index (χ0v) is 12.4. The fourth-order valence-electron chi connectivity index (χ4n) is 1.44. The van der Waals surface area contributed by atoms with Crippen LogP contribution in [0.5, 0.6) is 0 Å². The molecule has 0 aromatic carbocycles. The molecule has 0 unspecified atom stereocenters. The van der Waals surface area contributed by atoms with E-state index in [2.05, 4.69) is 10.6 Å². The van der Waals surface area contributed by atoms with Crippen molar-refractivity contribution in [2.24, 2.45) is 0 Å². The van der Waals surface area contributed by atoms with Crippen LogP contribution in [0.3, 0.4) is 0 Å². The molecule has 6 nitrogen and oxygen atoms in total. The van der Waals surface area contributed by atoms with E-state index in [4.69, 9.17) is 9.90 Å². The summed E-state index contributed by atoms with van der Waals surface area (Å²) in [4.78, 5) is 31.0. The maximum atomic E-state index is 11.7. The maximum absolute atomic E-state index is 11.7. The van der Waals surface area contributed by atoms with Crippen LogP contribution in [-0.2, 0) is 14.4 Å². The third-order valence-corrected chi connectivity index (χ3v) is 2.54. The first-order valence-electron chi connectivity index (χ1n) is 6.67. The Balaban J connectivity index is 0.000000885. The SMILES string of the molecule is CC1=CCC=C(C(=O)NCCCC(=O)O)C=C1.CNC=O. The summed E-state index contributed by atoms with van der Waals surface area (Å²) in [5.41, 5.74) is 1.77. The molecule has 1 rings (SSSR count). The van der Waals surface area contributed by atoms with Crippen LogP contribution in [0.25, 0.3) is 0 Å². The third kappa shape index (κ3) is 10.1. The van der Waals surface area contributed by atoms with Gasteiger partial charge in [-0.15, -0.1) is 0 Å². The quantitative estimate of drug-likeness (QED) is 0.506. The minimum atomic E-state index is -0.840. The molecule has 0 aromatic rings. The third-order valence-electron chi connectivity index (χ3n) is 2.54. The van der Waals surface area contributed by atoms with Crippen LogP contribution in [0.1, 0.15) is 26.2 Å². The first kappa shape index (κ1) is 18.6. The lowest BCUT2D eigenvalue weighted by Crippen LogP contribution is -2.25. The summed E-state index contributed by atoms with van der Waals surface area (Å²) in [5, 5.41) is 13.4. The Morgan fingerprint density at radius 2 is 2.00 bits per heavy atom. The van der Waals surface area contributed by atoms with E-state index in [1.54, 1.807) is 13.1 Å². The lowest BCUT2D eigenvalue weighted by molar-refractivity contribution is -0.137. The van der Waals surface area contributed by atoms with Crippen LogP contribution in [0.15, 0.2) is 35.5 Å². The van der Waals surface area contributed by atoms with Gasteiger partial charge in [-0.25, -0.2) is 0 Å². The molecule has 2 amide bonds. The van der Waals surface area contributed by atoms with Crippen LogP contribution in [0, 0.1) is 0 Å². The fraction of sp³-hybridized carbons (Fsp3) is 0.400. The van der Waals surface area contributed by atoms with Gasteiger partial charge >= 0.3 is 5.97 Å². The molecular formula is C15H22N2O4. The Labute approximate surface area is 124 Å². The molecule has 1 aliphatic rings. The van der Waals surface area contributed by atoms with Crippen molar-refractivity contribution in [2.45, 2.75) is 26.2 Å². The van der Waals surface area contributed by atoms with E-state index >= 15 is 0 Å². The van der Waals surface area contributed by atoms with Crippen LogP contribution in [0.2, 0.25) is 0 Å². The van der Waals surface area contributed by atoms with Crippen LogP contribution in [0.4, 0.5) is 0 Å². The van der Waals surface area contributed by atoms with E-state index in [9.17, 15) is 9.59 Å². The molecule has 0 atom stereocenters. The van der Waals surface area contributed by atoms with Gasteiger partial charge in [0, 0.05) is 25.6 Å². The molecule has 1 aliphatic carbocycles. The number of rotatable bonds is 6. The Kier molecular flexibility index (Phi) is 10.2. The number of amides is 2. The number of nitrogens with one attached hydrogen (secondary N) is 2. The highest BCUT2D eigenvalue weighted by atomic mass is 16.4. The van der Waals surface area contributed by atoms with Gasteiger partial charge in [0.25, 0.3) is 5.91 Å². The van der Waals surface area contributed by atoms with Crippen LogP contribution in [-0.4, -0.2) is 37.0 Å². The average molecular weight is 294 g/mol. The number of hydrogen-bond acceptors (Lipinski definition) is 3. The van der Waals surface area contributed by atoms with Crippen molar-refractivity contribution in [1.29, 1.82) is 0 Å². The summed E-state index contributed by atoms with van der Waals surface area (Å²) in [6, 6.07) is 0. The Morgan fingerprint density at radius 1 is 1.33 bits per heavy atom. The van der Waals surface area contributed by atoms with Gasteiger partial charge < -0.3 is 15.7 Å². The van der Waals surface area contributed by atoms with Gasteiger partial charge in [0.15, 0.2) is 0 Å². The topological polar surface area (TPSA) is 95.5 Å². The number of carbonyl (C=O) groups is 3. The van der Waals surface area contributed by atoms with Crippen molar-refractivity contribution in [2.75, 3.05) is 13.6 Å². The smallest absolute Gasteiger partial charge is 0.303 e. The van der Waals surface area contributed by atoms with Gasteiger partial charge in [0.1, 0.15) is 0 Å². The highest BCUT2D eigenvalue weighted by Crippen LogP contribution is 2.09. The second-order valence-electron chi connectivity index (χ2n) is 4.34. The number of carbonyl (C=O) groups excluding carboxylic acids is 2. The number of carboxylic acids is 1. The fourth-order valence-corrected chi connectivity index (χ4v) is 1.44. The van der Waals surface area contributed by atoms with Crippen LogP contribution < -0.4 is 10.6 Å². The number of carboxylic acid groups (broad SMARTS) is 1. The number of hydrogen-bond donors (Lipinski definition) is 3. The van der Waals surface area contributed by atoms with Crippen molar-refractivity contribution < 1.29 is 19.5 Å². The van der Waals surface area contributed by atoms with Gasteiger partial charge in [-0.1, -0.05) is 23.8 Å². The molecule has 0 bridgehead atoms. The molecule has 0 aromatic heterocycles. The molecule has 0 spiro atoms. The molecule has 0 radical (unpaired) electrons. The summed E-state index contributed by atoms with van der Waals surface area (Å²) in [6.45, 7) is 2.38. The molecule has 6 heteroatoms. The molecule has 0 heterocycles. The molecule has 0 saturated carbocycles. The van der Waals surface area contributed by atoms with E-state index in [1.807, 2.05) is 25.2 Å². The van der Waals surface area contributed by atoms with Crippen molar-refractivity contribution in [3.05, 3.63) is 35.5 Å². The van der Waals surface area contributed by atoms with Gasteiger partial charge in [-0.3, -0.25) is 14.4 Å². The first-order chi connectivity index (χ1) is 10.0. The molecule has 0 fully saturated rings. The zero-order valence-electron chi connectivity index (χ0n) is 12.4. The first-order valence-corrected chi connectivity index (χ1v) is 6.67. The maximum Gasteiger partial charge on any atom is 0.303 e. The van der Waals surface area contributed by atoms with Gasteiger partial charge in [-0.05, 0) is 25.8 Å². The minimum absolute atomic E-state index is 0.0792.